The number of piperazine rings is 1. The first-order valence-electron chi connectivity index (χ1n) is 8.74. The number of aryl methyl sites for hydroxylation is 1. The van der Waals surface area contributed by atoms with Gasteiger partial charge in [0.1, 0.15) is 5.54 Å². The summed E-state index contributed by atoms with van der Waals surface area (Å²) in [5.74, 6) is 1.83. The molecule has 3 heterocycles. The van der Waals surface area contributed by atoms with E-state index in [1.165, 1.54) is 12.8 Å². The number of hydrogen-bond acceptors (Lipinski definition) is 5. The number of hydrogen-bond donors (Lipinski definition) is 1. The maximum Gasteiger partial charge on any atom is 0.240 e. The normalized spacial score (nSPS) is 24.7. The smallest absolute Gasteiger partial charge is 0.240 e. The molecule has 4 rings (SSSR count). The second kappa shape index (κ2) is 5.74. The Kier molecular flexibility index (Phi) is 3.71. The number of carbonyl (C=O) groups excluding carboxylic acids is 1. The number of anilines is 1. The molecule has 1 spiro atoms. The van der Waals surface area contributed by atoms with Crippen molar-refractivity contribution >= 4 is 11.9 Å². The number of rotatable bonds is 3. The zero-order valence-electron chi connectivity index (χ0n) is 13.8. The SMILES string of the molecule is Cc1cnc(N2CCC3(CC2)C(=O)NCCN3CC2CC2)nc1. The van der Waals surface area contributed by atoms with Crippen LogP contribution in [0.4, 0.5) is 5.95 Å². The van der Waals surface area contributed by atoms with Crippen molar-refractivity contribution < 1.29 is 4.79 Å². The molecule has 6 nitrogen and oxygen atoms in total. The van der Waals surface area contributed by atoms with Crippen molar-refractivity contribution in [3.63, 3.8) is 0 Å². The summed E-state index contributed by atoms with van der Waals surface area (Å²) < 4.78 is 0. The Morgan fingerprint density at radius 1 is 1.22 bits per heavy atom. The van der Waals surface area contributed by atoms with Crippen LogP contribution >= 0.6 is 0 Å². The molecule has 3 aliphatic rings. The lowest BCUT2D eigenvalue weighted by Crippen LogP contribution is -2.68. The van der Waals surface area contributed by atoms with E-state index in [0.29, 0.717) is 0 Å². The second-order valence-corrected chi connectivity index (χ2v) is 7.22. The number of aromatic nitrogens is 2. The Balaban J connectivity index is 1.48. The van der Waals surface area contributed by atoms with E-state index in [1.807, 2.05) is 19.3 Å². The van der Waals surface area contributed by atoms with Crippen molar-refractivity contribution in [3.05, 3.63) is 18.0 Å². The number of amides is 1. The lowest BCUT2D eigenvalue weighted by Gasteiger charge is -2.50. The molecule has 23 heavy (non-hydrogen) atoms. The van der Waals surface area contributed by atoms with Gasteiger partial charge in [0, 0.05) is 45.1 Å². The lowest BCUT2D eigenvalue weighted by atomic mass is 9.83. The largest absolute Gasteiger partial charge is 0.353 e. The van der Waals surface area contributed by atoms with Crippen molar-refractivity contribution in [1.82, 2.24) is 20.2 Å². The van der Waals surface area contributed by atoms with Crippen LogP contribution in [0, 0.1) is 12.8 Å². The first kappa shape index (κ1) is 14.9. The minimum absolute atomic E-state index is 0.230. The maximum atomic E-state index is 12.7. The van der Waals surface area contributed by atoms with Crippen LogP contribution < -0.4 is 10.2 Å². The summed E-state index contributed by atoms with van der Waals surface area (Å²) in [7, 11) is 0. The van der Waals surface area contributed by atoms with Gasteiger partial charge >= 0.3 is 0 Å². The molecule has 2 saturated heterocycles. The molecule has 2 aliphatic heterocycles. The zero-order valence-corrected chi connectivity index (χ0v) is 13.8. The van der Waals surface area contributed by atoms with E-state index in [9.17, 15) is 4.79 Å². The summed E-state index contributed by atoms with van der Waals surface area (Å²) in [6.07, 6.45) is 8.11. The highest BCUT2D eigenvalue weighted by atomic mass is 16.2. The molecule has 0 bridgehead atoms. The van der Waals surface area contributed by atoms with Crippen LogP contribution in [-0.4, -0.2) is 59.0 Å². The van der Waals surface area contributed by atoms with E-state index in [1.54, 1.807) is 0 Å². The Labute approximate surface area is 137 Å². The molecule has 0 atom stereocenters. The number of piperidine rings is 1. The minimum atomic E-state index is -0.304. The van der Waals surface area contributed by atoms with Crippen LogP contribution in [-0.2, 0) is 4.79 Å². The third kappa shape index (κ3) is 2.80. The van der Waals surface area contributed by atoms with Gasteiger partial charge in [0.2, 0.25) is 11.9 Å². The van der Waals surface area contributed by atoms with Gasteiger partial charge < -0.3 is 10.2 Å². The van der Waals surface area contributed by atoms with Gasteiger partial charge in [-0.25, -0.2) is 9.97 Å². The zero-order chi connectivity index (χ0) is 15.9. The summed E-state index contributed by atoms with van der Waals surface area (Å²) in [5.41, 5.74) is 0.770. The van der Waals surface area contributed by atoms with Gasteiger partial charge in [-0.2, -0.15) is 0 Å². The molecular formula is C17H25N5O. The highest BCUT2D eigenvalue weighted by Gasteiger charge is 2.49. The van der Waals surface area contributed by atoms with E-state index in [4.69, 9.17) is 0 Å². The quantitative estimate of drug-likeness (QED) is 0.900. The van der Waals surface area contributed by atoms with E-state index >= 15 is 0 Å². The number of nitrogens with zero attached hydrogens (tertiary/aromatic N) is 4. The van der Waals surface area contributed by atoms with Gasteiger partial charge in [0.25, 0.3) is 0 Å². The van der Waals surface area contributed by atoms with Crippen LogP contribution in [0.1, 0.15) is 31.2 Å². The van der Waals surface area contributed by atoms with E-state index < -0.39 is 0 Å². The molecule has 1 N–H and O–H groups in total. The van der Waals surface area contributed by atoms with Crippen LogP contribution in [0.2, 0.25) is 0 Å². The fourth-order valence-electron chi connectivity index (χ4n) is 3.87. The minimum Gasteiger partial charge on any atom is -0.353 e. The first-order valence-corrected chi connectivity index (χ1v) is 8.74. The van der Waals surface area contributed by atoms with Gasteiger partial charge in [-0.15, -0.1) is 0 Å². The average Bonchev–Trinajstić information content (AvgIpc) is 3.38. The average molecular weight is 315 g/mol. The molecule has 3 fully saturated rings. The van der Waals surface area contributed by atoms with Crippen molar-refractivity contribution in [3.8, 4) is 0 Å². The van der Waals surface area contributed by atoms with E-state index in [2.05, 4.69) is 25.1 Å². The standard InChI is InChI=1S/C17H25N5O/c1-13-10-19-16(20-11-13)21-7-4-17(5-8-21)15(23)18-6-9-22(17)12-14-2-3-14/h10-11,14H,2-9,12H2,1H3,(H,18,23). The summed E-state index contributed by atoms with van der Waals surface area (Å²) in [6.45, 7) is 6.56. The highest BCUT2D eigenvalue weighted by Crippen LogP contribution is 2.37. The van der Waals surface area contributed by atoms with Gasteiger partial charge in [-0.3, -0.25) is 9.69 Å². The summed E-state index contributed by atoms with van der Waals surface area (Å²) in [6, 6.07) is 0. The highest BCUT2D eigenvalue weighted by molar-refractivity contribution is 5.87. The molecule has 1 aliphatic carbocycles. The first-order chi connectivity index (χ1) is 11.2. The Bertz CT molecular complexity index is 575. The molecular weight excluding hydrogens is 290 g/mol. The van der Waals surface area contributed by atoms with E-state index in [0.717, 1.165) is 63.0 Å². The van der Waals surface area contributed by atoms with Crippen LogP contribution in [0.25, 0.3) is 0 Å². The topological polar surface area (TPSA) is 61.4 Å². The maximum absolute atomic E-state index is 12.7. The van der Waals surface area contributed by atoms with E-state index in [-0.39, 0.29) is 11.4 Å². The van der Waals surface area contributed by atoms with Crippen molar-refractivity contribution in [2.75, 3.05) is 37.6 Å². The summed E-state index contributed by atoms with van der Waals surface area (Å²) >= 11 is 0. The lowest BCUT2D eigenvalue weighted by molar-refractivity contribution is -0.139. The Hall–Kier alpha value is -1.69. The molecule has 1 saturated carbocycles. The van der Waals surface area contributed by atoms with Crippen LogP contribution in [0.15, 0.2) is 12.4 Å². The fourth-order valence-corrected chi connectivity index (χ4v) is 3.87. The van der Waals surface area contributed by atoms with Crippen molar-refractivity contribution in [2.24, 2.45) is 5.92 Å². The van der Waals surface area contributed by atoms with Crippen molar-refractivity contribution in [1.29, 1.82) is 0 Å². The number of nitrogens with one attached hydrogen (secondary N) is 1. The second-order valence-electron chi connectivity index (χ2n) is 7.22. The summed E-state index contributed by atoms with van der Waals surface area (Å²) in [5, 5.41) is 3.10. The predicted octanol–water partition coefficient (Wildman–Crippen LogP) is 0.966. The van der Waals surface area contributed by atoms with Gasteiger partial charge in [0.15, 0.2) is 0 Å². The van der Waals surface area contributed by atoms with Gasteiger partial charge in [0.05, 0.1) is 0 Å². The predicted molar refractivity (Wildman–Crippen MR) is 88.3 cm³/mol. The van der Waals surface area contributed by atoms with Gasteiger partial charge in [-0.05, 0) is 44.1 Å². The molecule has 124 valence electrons. The molecule has 0 radical (unpaired) electrons. The Morgan fingerprint density at radius 2 is 1.91 bits per heavy atom. The molecule has 0 aromatic carbocycles. The van der Waals surface area contributed by atoms with Gasteiger partial charge in [-0.1, -0.05) is 0 Å². The van der Waals surface area contributed by atoms with Crippen molar-refractivity contribution in [2.45, 2.75) is 38.1 Å². The molecule has 0 unspecified atom stereocenters. The Morgan fingerprint density at radius 3 is 2.57 bits per heavy atom. The molecule has 1 aromatic rings. The molecule has 1 aromatic heterocycles. The molecule has 6 heteroatoms. The third-order valence-corrected chi connectivity index (χ3v) is 5.51. The fraction of sp³-hybridized carbons (Fsp3) is 0.706. The summed E-state index contributed by atoms with van der Waals surface area (Å²) in [4.78, 5) is 26.2. The van der Waals surface area contributed by atoms with Crippen LogP contribution in [0.3, 0.4) is 0 Å². The monoisotopic (exact) mass is 315 g/mol. The number of carbonyl (C=O) groups is 1. The van der Waals surface area contributed by atoms with Crippen LogP contribution in [0.5, 0.6) is 0 Å². The molecule has 1 amide bonds. The third-order valence-electron chi connectivity index (χ3n) is 5.51.